The van der Waals surface area contributed by atoms with Crippen molar-refractivity contribution in [3.05, 3.63) is 26.6 Å². The maximum atomic E-state index is 9.18. The second-order valence-corrected chi connectivity index (χ2v) is 5.93. The highest BCUT2D eigenvalue weighted by Crippen LogP contribution is 2.34. The number of aliphatic hydroxyl groups is 1. The van der Waals surface area contributed by atoms with Gasteiger partial charge in [-0.3, -0.25) is 0 Å². The Morgan fingerprint density at radius 3 is 2.44 bits per heavy atom. The van der Waals surface area contributed by atoms with Gasteiger partial charge in [-0.1, -0.05) is 6.92 Å². The Balaban J connectivity index is 2.67. The fourth-order valence-corrected chi connectivity index (χ4v) is 2.99. The van der Waals surface area contributed by atoms with Crippen LogP contribution in [-0.2, 0) is 6.54 Å². The molecule has 0 saturated heterocycles. The minimum Gasteiger partial charge on any atom is -0.491 e. The molecule has 2 N–H and O–H groups in total. The first kappa shape index (κ1) is 16.0. The Morgan fingerprint density at radius 2 is 1.94 bits per heavy atom. The van der Waals surface area contributed by atoms with Gasteiger partial charge < -0.3 is 15.2 Å². The van der Waals surface area contributed by atoms with Crippen molar-refractivity contribution in [2.45, 2.75) is 32.9 Å². The maximum absolute atomic E-state index is 9.18. The molecule has 1 atom stereocenters. The third-order valence-electron chi connectivity index (χ3n) is 2.28. The van der Waals surface area contributed by atoms with E-state index in [1.165, 1.54) is 0 Å². The molecule has 0 aliphatic carbocycles. The molecule has 1 unspecified atom stereocenters. The normalized spacial score (nSPS) is 12.5. The first-order chi connectivity index (χ1) is 8.54. The van der Waals surface area contributed by atoms with E-state index in [2.05, 4.69) is 44.1 Å². The molecule has 3 nitrogen and oxygen atoms in total. The molecule has 0 bridgehead atoms. The molecule has 0 saturated carbocycles. The smallest absolute Gasteiger partial charge is 0.147 e. The van der Waals surface area contributed by atoms with E-state index in [9.17, 15) is 5.11 Å². The minimum absolute atomic E-state index is 0.330. The van der Waals surface area contributed by atoms with Crippen molar-refractivity contribution in [1.82, 2.24) is 5.32 Å². The lowest BCUT2D eigenvalue weighted by atomic mass is 10.2. The predicted octanol–water partition coefficient (Wildman–Crippen LogP) is 3.47. The van der Waals surface area contributed by atoms with Crippen molar-refractivity contribution in [1.29, 1.82) is 0 Å². The molecule has 0 aliphatic heterocycles. The van der Waals surface area contributed by atoms with Crippen molar-refractivity contribution >= 4 is 31.9 Å². The van der Waals surface area contributed by atoms with Gasteiger partial charge in [0.25, 0.3) is 0 Å². The van der Waals surface area contributed by atoms with E-state index in [1.54, 1.807) is 6.92 Å². The van der Waals surface area contributed by atoms with Gasteiger partial charge in [-0.05, 0) is 62.9 Å². The zero-order chi connectivity index (χ0) is 13.5. The first-order valence-electron chi connectivity index (χ1n) is 6.04. The lowest BCUT2D eigenvalue weighted by molar-refractivity contribution is 0.191. The van der Waals surface area contributed by atoms with Gasteiger partial charge in [-0.25, -0.2) is 0 Å². The average Bonchev–Trinajstić information content (AvgIpc) is 2.27. The Morgan fingerprint density at radius 1 is 1.33 bits per heavy atom. The summed E-state index contributed by atoms with van der Waals surface area (Å²) >= 11 is 7.03. The molecule has 0 spiro atoms. The van der Waals surface area contributed by atoms with Gasteiger partial charge in [0, 0.05) is 13.1 Å². The highest BCUT2D eigenvalue weighted by atomic mass is 79.9. The van der Waals surface area contributed by atoms with Crippen molar-refractivity contribution in [2.24, 2.45) is 0 Å². The van der Waals surface area contributed by atoms with E-state index in [4.69, 9.17) is 4.74 Å². The van der Waals surface area contributed by atoms with Crippen LogP contribution in [0.4, 0.5) is 0 Å². The van der Waals surface area contributed by atoms with Crippen LogP contribution in [0.1, 0.15) is 25.8 Å². The molecule has 0 amide bonds. The lowest BCUT2D eigenvalue weighted by Crippen LogP contribution is -2.23. The van der Waals surface area contributed by atoms with Crippen LogP contribution < -0.4 is 10.1 Å². The summed E-state index contributed by atoms with van der Waals surface area (Å²) < 4.78 is 7.55. The summed E-state index contributed by atoms with van der Waals surface area (Å²) in [7, 11) is 0. The molecule has 5 heteroatoms. The highest BCUT2D eigenvalue weighted by Gasteiger charge is 2.08. The van der Waals surface area contributed by atoms with Gasteiger partial charge in [0.15, 0.2) is 0 Å². The molecule has 1 aromatic carbocycles. The van der Waals surface area contributed by atoms with E-state index in [-0.39, 0.29) is 6.10 Å². The Kier molecular flexibility index (Phi) is 7.22. The number of aliphatic hydroxyl groups excluding tert-OH is 1. The number of hydrogen-bond donors (Lipinski definition) is 2. The van der Waals surface area contributed by atoms with E-state index < -0.39 is 0 Å². The van der Waals surface area contributed by atoms with Crippen molar-refractivity contribution < 1.29 is 9.84 Å². The van der Waals surface area contributed by atoms with E-state index in [1.807, 2.05) is 12.1 Å². The largest absolute Gasteiger partial charge is 0.491 e. The van der Waals surface area contributed by atoms with Crippen LogP contribution in [0.5, 0.6) is 5.75 Å². The van der Waals surface area contributed by atoms with Gasteiger partial charge in [-0.15, -0.1) is 0 Å². The fraction of sp³-hybridized carbons (Fsp3) is 0.538. The monoisotopic (exact) mass is 379 g/mol. The van der Waals surface area contributed by atoms with Gasteiger partial charge in [0.1, 0.15) is 5.75 Å². The van der Waals surface area contributed by atoms with Crippen molar-refractivity contribution in [3.8, 4) is 5.75 Å². The van der Waals surface area contributed by atoms with Gasteiger partial charge >= 0.3 is 0 Å². The molecule has 0 fully saturated rings. The van der Waals surface area contributed by atoms with Crippen LogP contribution in [0.25, 0.3) is 0 Å². The predicted molar refractivity (Wildman–Crippen MR) is 81.0 cm³/mol. The van der Waals surface area contributed by atoms with E-state index in [0.717, 1.165) is 33.2 Å². The summed E-state index contributed by atoms with van der Waals surface area (Å²) in [4.78, 5) is 0. The topological polar surface area (TPSA) is 41.5 Å². The average molecular weight is 381 g/mol. The number of ether oxygens (including phenoxy) is 1. The number of halogens is 2. The molecule has 0 heterocycles. The first-order valence-corrected chi connectivity index (χ1v) is 7.62. The Hall–Kier alpha value is -0.100. The molecule has 1 rings (SSSR count). The summed E-state index contributed by atoms with van der Waals surface area (Å²) in [6, 6.07) is 4.07. The van der Waals surface area contributed by atoms with Gasteiger partial charge in [-0.2, -0.15) is 0 Å². The molecule has 1 aromatic rings. The van der Waals surface area contributed by atoms with E-state index >= 15 is 0 Å². The zero-order valence-electron chi connectivity index (χ0n) is 10.7. The molecule has 0 radical (unpaired) electrons. The summed E-state index contributed by atoms with van der Waals surface area (Å²) in [5, 5.41) is 12.4. The third-order valence-corrected chi connectivity index (χ3v) is 3.46. The zero-order valence-corrected chi connectivity index (χ0v) is 13.8. The third kappa shape index (κ3) is 5.26. The lowest BCUT2D eigenvalue weighted by Gasteiger charge is -2.12. The van der Waals surface area contributed by atoms with Crippen molar-refractivity contribution in [2.75, 3.05) is 13.2 Å². The number of rotatable bonds is 7. The van der Waals surface area contributed by atoms with Crippen LogP contribution in [-0.4, -0.2) is 24.4 Å². The quantitative estimate of drug-likeness (QED) is 0.760. The van der Waals surface area contributed by atoms with Crippen LogP contribution >= 0.6 is 31.9 Å². The summed E-state index contributed by atoms with van der Waals surface area (Å²) in [6.07, 6.45) is 0.653. The Bertz CT molecular complexity index is 360. The molecular weight excluding hydrogens is 362 g/mol. The van der Waals surface area contributed by atoms with Gasteiger partial charge in [0.2, 0.25) is 0 Å². The fourth-order valence-electron chi connectivity index (χ4n) is 1.48. The highest BCUT2D eigenvalue weighted by molar-refractivity contribution is 9.11. The SMILES string of the molecule is CCCOc1c(Br)cc(CNCC(C)O)cc1Br. The molecular formula is C13H19Br2NO2. The maximum Gasteiger partial charge on any atom is 0.147 e. The van der Waals surface area contributed by atoms with Crippen LogP contribution in [0.15, 0.2) is 21.1 Å². The second-order valence-electron chi connectivity index (χ2n) is 4.22. The molecule has 0 aliphatic rings. The van der Waals surface area contributed by atoms with Crippen LogP contribution in [0.3, 0.4) is 0 Å². The second kappa shape index (κ2) is 8.15. The molecule has 0 aromatic heterocycles. The van der Waals surface area contributed by atoms with Gasteiger partial charge in [0.05, 0.1) is 21.7 Å². The van der Waals surface area contributed by atoms with Crippen LogP contribution in [0, 0.1) is 0 Å². The Labute approximate surface area is 125 Å². The summed E-state index contributed by atoms with van der Waals surface area (Å²) in [5.74, 6) is 0.844. The number of benzene rings is 1. The minimum atomic E-state index is -0.330. The summed E-state index contributed by atoms with van der Waals surface area (Å²) in [6.45, 7) is 5.85. The molecule has 18 heavy (non-hydrogen) atoms. The van der Waals surface area contributed by atoms with E-state index in [0.29, 0.717) is 13.2 Å². The summed E-state index contributed by atoms with van der Waals surface area (Å²) in [5.41, 5.74) is 1.14. The molecule has 102 valence electrons. The van der Waals surface area contributed by atoms with Crippen molar-refractivity contribution in [3.63, 3.8) is 0 Å². The standard InChI is InChI=1S/C13H19Br2NO2/c1-3-4-18-13-11(14)5-10(6-12(13)15)8-16-7-9(2)17/h5-6,9,16-17H,3-4,7-8H2,1-2H3. The number of nitrogens with one attached hydrogen (secondary N) is 1. The number of hydrogen-bond acceptors (Lipinski definition) is 3. The van der Waals surface area contributed by atoms with Crippen LogP contribution in [0.2, 0.25) is 0 Å².